The Labute approximate surface area is 120 Å². The lowest BCUT2D eigenvalue weighted by atomic mass is 10.1. The molecule has 100 valence electrons. The molecule has 0 bridgehead atoms. The van der Waals surface area contributed by atoms with Crippen LogP contribution in [-0.4, -0.2) is 6.54 Å². The first kappa shape index (κ1) is 14.2. The molecular weight excluding hydrogens is 250 g/mol. The molecule has 0 saturated heterocycles. The lowest BCUT2D eigenvalue weighted by molar-refractivity contribution is 0.570. The fourth-order valence-electron chi connectivity index (χ4n) is 1.93. The number of nitrogens with one attached hydrogen (secondary N) is 1. The SMILES string of the molecule is CCCNC(C)c1ccc(Sc2ccccc2)cc1. The highest BCUT2D eigenvalue weighted by Gasteiger charge is 2.04. The van der Waals surface area contributed by atoms with Gasteiger partial charge in [-0.25, -0.2) is 0 Å². The maximum absolute atomic E-state index is 3.51. The number of benzene rings is 2. The van der Waals surface area contributed by atoms with E-state index in [9.17, 15) is 0 Å². The molecule has 0 saturated carbocycles. The van der Waals surface area contributed by atoms with Crippen molar-refractivity contribution in [3.63, 3.8) is 0 Å². The van der Waals surface area contributed by atoms with Crippen molar-refractivity contribution in [2.75, 3.05) is 6.54 Å². The van der Waals surface area contributed by atoms with Gasteiger partial charge in [-0.3, -0.25) is 0 Å². The molecule has 1 atom stereocenters. The Hall–Kier alpha value is -1.25. The minimum atomic E-state index is 0.427. The Kier molecular flexibility index (Phi) is 5.49. The molecule has 1 nitrogen and oxygen atoms in total. The highest BCUT2D eigenvalue weighted by Crippen LogP contribution is 2.28. The summed E-state index contributed by atoms with van der Waals surface area (Å²) in [5, 5.41) is 3.51. The Morgan fingerprint density at radius 1 is 0.947 bits per heavy atom. The van der Waals surface area contributed by atoms with Crippen LogP contribution < -0.4 is 5.32 Å². The fraction of sp³-hybridized carbons (Fsp3) is 0.294. The standard InChI is InChI=1S/C17H21NS/c1-3-13-18-14(2)15-9-11-17(12-10-15)19-16-7-5-4-6-8-16/h4-12,14,18H,3,13H2,1-2H3. The molecule has 2 heteroatoms. The van der Waals surface area contributed by atoms with Crippen molar-refractivity contribution in [2.24, 2.45) is 0 Å². The topological polar surface area (TPSA) is 12.0 Å². The molecule has 0 aromatic heterocycles. The average molecular weight is 271 g/mol. The van der Waals surface area contributed by atoms with Crippen LogP contribution in [0.4, 0.5) is 0 Å². The normalized spacial score (nSPS) is 12.3. The molecule has 0 spiro atoms. The molecule has 1 N–H and O–H groups in total. The lowest BCUT2D eigenvalue weighted by Crippen LogP contribution is -2.19. The average Bonchev–Trinajstić information content (AvgIpc) is 2.46. The molecule has 0 aliphatic heterocycles. The Morgan fingerprint density at radius 2 is 1.58 bits per heavy atom. The van der Waals surface area contributed by atoms with Crippen molar-refractivity contribution in [2.45, 2.75) is 36.1 Å². The van der Waals surface area contributed by atoms with E-state index in [0.717, 1.165) is 6.54 Å². The second kappa shape index (κ2) is 7.37. The lowest BCUT2D eigenvalue weighted by Gasteiger charge is -2.14. The van der Waals surface area contributed by atoms with Gasteiger partial charge in [0.1, 0.15) is 0 Å². The molecule has 19 heavy (non-hydrogen) atoms. The Bertz CT molecular complexity index is 478. The van der Waals surface area contributed by atoms with Crippen LogP contribution in [0, 0.1) is 0 Å². The van der Waals surface area contributed by atoms with Gasteiger partial charge in [0.2, 0.25) is 0 Å². The molecule has 1 unspecified atom stereocenters. The molecule has 2 rings (SSSR count). The third kappa shape index (κ3) is 4.41. The highest BCUT2D eigenvalue weighted by molar-refractivity contribution is 7.99. The first-order valence-electron chi connectivity index (χ1n) is 6.86. The molecule has 0 amide bonds. The van der Waals surface area contributed by atoms with Crippen molar-refractivity contribution in [1.29, 1.82) is 0 Å². The van der Waals surface area contributed by atoms with E-state index < -0.39 is 0 Å². The summed E-state index contributed by atoms with van der Waals surface area (Å²) in [6, 6.07) is 19.8. The quantitative estimate of drug-likeness (QED) is 0.802. The summed E-state index contributed by atoms with van der Waals surface area (Å²) >= 11 is 1.81. The molecule has 0 fully saturated rings. The number of hydrogen-bond acceptors (Lipinski definition) is 2. The molecular formula is C17H21NS. The van der Waals surface area contributed by atoms with Crippen molar-refractivity contribution in [1.82, 2.24) is 5.32 Å². The van der Waals surface area contributed by atoms with E-state index in [-0.39, 0.29) is 0 Å². The number of hydrogen-bond donors (Lipinski definition) is 1. The van der Waals surface area contributed by atoms with Crippen LogP contribution in [0.3, 0.4) is 0 Å². The van der Waals surface area contributed by atoms with Crippen molar-refractivity contribution < 1.29 is 0 Å². The smallest absolute Gasteiger partial charge is 0.0291 e. The van der Waals surface area contributed by atoms with Crippen LogP contribution in [-0.2, 0) is 0 Å². The monoisotopic (exact) mass is 271 g/mol. The molecule has 0 heterocycles. The van der Waals surface area contributed by atoms with E-state index in [1.165, 1.54) is 21.8 Å². The van der Waals surface area contributed by atoms with Crippen molar-refractivity contribution in [3.8, 4) is 0 Å². The van der Waals surface area contributed by atoms with Crippen LogP contribution in [0.1, 0.15) is 31.9 Å². The molecule has 0 radical (unpaired) electrons. The zero-order valence-electron chi connectivity index (χ0n) is 11.6. The maximum Gasteiger partial charge on any atom is 0.0291 e. The summed E-state index contributed by atoms with van der Waals surface area (Å²) in [7, 11) is 0. The molecule has 0 aliphatic carbocycles. The van der Waals surface area contributed by atoms with Gasteiger partial charge in [0.05, 0.1) is 0 Å². The minimum absolute atomic E-state index is 0.427. The van der Waals surface area contributed by atoms with E-state index in [1.807, 2.05) is 6.07 Å². The van der Waals surface area contributed by atoms with Gasteiger partial charge in [0.15, 0.2) is 0 Å². The predicted molar refractivity (Wildman–Crippen MR) is 83.7 cm³/mol. The van der Waals surface area contributed by atoms with E-state index in [2.05, 4.69) is 67.7 Å². The van der Waals surface area contributed by atoms with Gasteiger partial charge in [-0.1, -0.05) is 49.0 Å². The zero-order chi connectivity index (χ0) is 13.5. The van der Waals surface area contributed by atoms with Gasteiger partial charge >= 0.3 is 0 Å². The van der Waals surface area contributed by atoms with Crippen LogP contribution >= 0.6 is 11.8 Å². The van der Waals surface area contributed by atoms with E-state index in [1.54, 1.807) is 11.8 Å². The summed E-state index contributed by atoms with van der Waals surface area (Å²) in [6.07, 6.45) is 1.17. The number of rotatable bonds is 6. The van der Waals surface area contributed by atoms with Gasteiger partial charge in [0, 0.05) is 15.8 Å². The Morgan fingerprint density at radius 3 is 2.21 bits per heavy atom. The van der Waals surface area contributed by atoms with Crippen LogP contribution in [0.5, 0.6) is 0 Å². The first-order valence-corrected chi connectivity index (χ1v) is 7.67. The molecule has 2 aromatic rings. The summed E-state index contributed by atoms with van der Waals surface area (Å²) in [6.45, 7) is 5.48. The van der Waals surface area contributed by atoms with E-state index in [0.29, 0.717) is 6.04 Å². The minimum Gasteiger partial charge on any atom is -0.310 e. The van der Waals surface area contributed by atoms with E-state index >= 15 is 0 Å². The summed E-state index contributed by atoms with van der Waals surface area (Å²) < 4.78 is 0. The molecule has 0 aliphatic rings. The maximum atomic E-state index is 3.51. The van der Waals surface area contributed by atoms with Gasteiger partial charge in [0.25, 0.3) is 0 Å². The summed E-state index contributed by atoms with van der Waals surface area (Å²) in [5.41, 5.74) is 1.35. The Balaban J connectivity index is 1.98. The van der Waals surface area contributed by atoms with Gasteiger partial charge in [-0.2, -0.15) is 0 Å². The van der Waals surface area contributed by atoms with Crippen LogP contribution in [0.25, 0.3) is 0 Å². The van der Waals surface area contributed by atoms with Crippen molar-refractivity contribution >= 4 is 11.8 Å². The fourth-order valence-corrected chi connectivity index (χ4v) is 2.77. The largest absolute Gasteiger partial charge is 0.310 e. The molecule has 2 aromatic carbocycles. The predicted octanol–water partition coefficient (Wildman–Crippen LogP) is 4.90. The zero-order valence-corrected chi connectivity index (χ0v) is 12.4. The van der Waals surface area contributed by atoms with Crippen molar-refractivity contribution in [3.05, 3.63) is 60.2 Å². The van der Waals surface area contributed by atoms with Gasteiger partial charge < -0.3 is 5.32 Å². The third-order valence-electron chi connectivity index (χ3n) is 3.06. The third-order valence-corrected chi connectivity index (χ3v) is 4.08. The highest BCUT2D eigenvalue weighted by atomic mass is 32.2. The summed E-state index contributed by atoms with van der Waals surface area (Å²) in [4.78, 5) is 2.57. The summed E-state index contributed by atoms with van der Waals surface area (Å²) in [5.74, 6) is 0. The first-order chi connectivity index (χ1) is 9.29. The van der Waals surface area contributed by atoms with Gasteiger partial charge in [-0.05, 0) is 49.7 Å². The second-order valence-corrected chi connectivity index (χ2v) is 5.81. The van der Waals surface area contributed by atoms with Crippen LogP contribution in [0.15, 0.2) is 64.4 Å². The second-order valence-electron chi connectivity index (χ2n) is 4.66. The van der Waals surface area contributed by atoms with Crippen LogP contribution in [0.2, 0.25) is 0 Å². The van der Waals surface area contributed by atoms with E-state index in [4.69, 9.17) is 0 Å². The van der Waals surface area contributed by atoms with Gasteiger partial charge in [-0.15, -0.1) is 0 Å².